The minimum Gasteiger partial charge on any atom is -0.497 e. The van der Waals surface area contributed by atoms with Gasteiger partial charge in [0.25, 0.3) is 0 Å². The molecule has 0 bridgehead atoms. The third-order valence-electron chi connectivity index (χ3n) is 4.42. The average Bonchev–Trinajstić information content (AvgIpc) is 2.68. The second-order valence-electron chi connectivity index (χ2n) is 5.89. The summed E-state index contributed by atoms with van der Waals surface area (Å²) >= 11 is 3.35. The van der Waals surface area contributed by atoms with E-state index < -0.39 is 10.0 Å². The van der Waals surface area contributed by atoms with E-state index in [-0.39, 0.29) is 4.90 Å². The van der Waals surface area contributed by atoms with Crippen molar-refractivity contribution in [1.82, 2.24) is 4.31 Å². The summed E-state index contributed by atoms with van der Waals surface area (Å²) in [6, 6.07) is 12.6. The third-order valence-corrected chi connectivity index (χ3v) is 6.93. The number of halogens is 1. The van der Waals surface area contributed by atoms with E-state index in [9.17, 15) is 8.42 Å². The van der Waals surface area contributed by atoms with Gasteiger partial charge >= 0.3 is 0 Å². The fourth-order valence-corrected chi connectivity index (χ4v) is 5.09. The summed E-state index contributed by atoms with van der Waals surface area (Å²) < 4.78 is 38.4. The molecule has 0 aromatic heterocycles. The van der Waals surface area contributed by atoms with Crippen molar-refractivity contribution in [1.29, 1.82) is 0 Å². The molecule has 0 spiro atoms. The molecule has 1 aliphatic heterocycles. The number of sulfonamides is 1. The maximum absolute atomic E-state index is 12.9. The Kier molecular flexibility index (Phi) is 5.74. The summed E-state index contributed by atoms with van der Waals surface area (Å²) in [5.41, 5.74) is 1.04. The SMILES string of the molecule is COc1cccc(N2CCN(S(=O)(=O)c3ccc(OC)c(Br)c3)CC2)c1. The molecule has 0 N–H and O–H groups in total. The minimum absolute atomic E-state index is 0.264. The van der Waals surface area contributed by atoms with E-state index >= 15 is 0 Å². The van der Waals surface area contributed by atoms with Gasteiger partial charge in [0.2, 0.25) is 10.0 Å². The average molecular weight is 441 g/mol. The lowest BCUT2D eigenvalue weighted by Crippen LogP contribution is -2.48. The van der Waals surface area contributed by atoms with Crippen molar-refractivity contribution in [2.45, 2.75) is 4.90 Å². The smallest absolute Gasteiger partial charge is 0.243 e. The molecule has 26 heavy (non-hydrogen) atoms. The van der Waals surface area contributed by atoms with Gasteiger partial charge in [-0.3, -0.25) is 0 Å². The van der Waals surface area contributed by atoms with E-state index in [0.29, 0.717) is 36.4 Å². The van der Waals surface area contributed by atoms with E-state index in [0.717, 1.165) is 11.4 Å². The first-order valence-corrected chi connectivity index (χ1v) is 10.4. The molecular formula is C18H21BrN2O4S. The molecule has 8 heteroatoms. The number of rotatable bonds is 5. The summed E-state index contributed by atoms with van der Waals surface area (Å²) in [6.45, 7) is 2.12. The first kappa shape index (κ1) is 19.0. The Bertz CT molecular complexity index is 881. The van der Waals surface area contributed by atoms with Crippen molar-refractivity contribution < 1.29 is 17.9 Å². The number of hydrogen-bond acceptors (Lipinski definition) is 5. The largest absolute Gasteiger partial charge is 0.497 e. The van der Waals surface area contributed by atoms with Gasteiger partial charge in [0.15, 0.2) is 0 Å². The van der Waals surface area contributed by atoms with Crippen LogP contribution in [0.1, 0.15) is 0 Å². The molecule has 2 aromatic rings. The Balaban J connectivity index is 1.73. The second kappa shape index (κ2) is 7.85. The molecule has 1 aliphatic rings. The highest BCUT2D eigenvalue weighted by Crippen LogP contribution is 2.29. The first-order valence-electron chi connectivity index (χ1n) is 8.18. The molecule has 0 unspecified atom stereocenters. The van der Waals surface area contributed by atoms with E-state index in [1.54, 1.807) is 32.4 Å². The Labute approximate surface area is 162 Å². The molecule has 0 radical (unpaired) electrons. The molecule has 6 nitrogen and oxygen atoms in total. The fourth-order valence-electron chi connectivity index (χ4n) is 2.95. The van der Waals surface area contributed by atoms with Crippen LogP contribution in [0.5, 0.6) is 11.5 Å². The maximum Gasteiger partial charge on any atom is 0.243 e. The lowest BCUT2D eigenvalue weighted by molar-refractivity contribution is 0.383. The summed E-state index contributed by atoms with van der Waals surface area (Å²) in [6.07, 6.45) is 0. The second-order valence-corrected chi connectivity index (χ2v) is 8.68. The van der Waals surface area contributed by atoms with Gasteiger partial charge in [-0.2, -0.15) is 4.31 Å². The molecule has 1 fully saturated rings. The van der Waals surface area contributed by atoms with E-state index in [4.69, 9.17) is 9.47 Å². The van der Waals surface area contributed by atoms with Gasteiger partial charge in [-0.25, -0.2) is 8.42 Å². The van der Waals surface area contributed by atoms with Crippen LogP contribution in [-0.2, 0) is 10.0 Å². The number of hydrogen-bond donors (Lipinski definition) is 0. The molecule has 0 saturated carbocycles. The normalized spacial score (nSPS) is 15.7. The van der Waals surface area contributed by atoms with Gasteiger partial charge in [0.05, 0.1) is 23.6 Å². The van der Waals surface area contributed by atoms with Gasteiger partial charge in [-0.05, 0) is 46.3 Å². The van der Waals surface area contributed by atoms with Crippen molar-refractivity contribution in [3.8, 4) is 11.5 Å². The fraction of sp³-hybridized carbons (Fsp3) is 0.333. The van der Waals surface area contributed by atoms with Crippen molar-refractivity contribution in [2.75, 3.05) is 45.3 Å². The predicted molar refractivity (Wildman–Crippen MR) is 105 cm³/mol. The van der Waals surface area contributed by atoms with E-state index in [2.05, 4.69) is 20.8 Å². The minimum atomic E-state index is -3.53. The molecule has 0 atom stereocenters. The predicted octanol–water partition coefficient (Wildman–Crippen LogP) is 2.98. The number of anilines is 1. The molecule has 0 aliphatic carbocycles. The van der Waals surface area contributed by atoms with Crippen LogP contribution in [0.4, 0.5) is 5.69 Å². The van der Waals surface area contributed by atoms with Crippen LogP contribution in [0.15, 0.2) is 51.8 Å². The van der Waals surface area contributed by atoms with Crippen molar-refractivity contribution >= 4 is 31.6 Å². The molecule has 140 valence electrons. The highest BCUT2D eigenvalue weighted by molar-refractivity contribution is 9.10. The number of ether oxygens (including phenoxy) is 2. The molecule has 0 amide bonds. The van der Waals surface area contributed by atoms with Crippen LogP contribution >= 0.6 is 15.9 Å². The van der Waals surface area contributed by atoms with Crippen molar-refractivity contribution in [3.63, 3.8) is 0 Å². The number of nitrogens with zero attached hydrogens (tertiary/aromatic N) is 2. The number of methoxy groups -OCH3 is 2. The zero-order valence-electron chi connectivity index (χ0n) is 14.7. The van der Waals surface area contributed by atoms with Crippen LogP contribution in [0, 0.1) is 0 Å². The lowest BCUT2D eigenvalue weighted by atomic mass is 10.2. The zero-order chi connectivity index (χ0) is 18.7. The van der Waals surface area contributed by atoms with Crippen molar-refractivity contribution in [2.24, 2.45) is 0 Å². The number of piperazine rings is 1. The van der Waals surface area contributed by atoms with Crippen LogP contribution in [-0.4, -0.2) is 53.1 Å². The maximum atomic E-state index is 12.9. The Morgan fingerprint density at radius 1 is 0.962 bits per heavy atom. The molecule has 1 heterocycles. The lowest BCUT2D eigenvalue weighted by Gasteiger charge is -2.35. The van der Waals surface area contributed by atoms with E-state index in [1.165, 1.54) is 4.31 Å². The van der Waals surface area contributed by atoms with Gasteiger partial charge in [0, 0.05) is 37.9 Å². The zero-order valence-corrected chi connectivity index (χ0v) is 17.1. The van der Waals surface area contributed by atoms with Crippen LogP contribution < -0.4 is 14.4 Å². The Hall–Kier alpha value is -1.77. The van der Waals surface area contributed by atoms with Gasteiger partial charge in [-0.15, -0.1) is 0 Å². The molecule has 3 rings (SSSR count). The standard InChI is InChI=1S/C18H21BrN2O4S/c1-24-15-5-3-4-14(12-15)20-8-10-21(11-9-20)26(22,23)16-6-7-18(25-2)17(19)13-16/h3-7,12-13H,8-11H2,1-2H3. The first-order chi connectivity index (χ1) is 12.5. The third kappa shape index (κ3) is 3.82. The highest BCUT2D eigenvalue weighted by Gasteiger charge is 2.29. The molecule has 2 aromatic carbocycles. The van der Waals surface area contributed by atoms with Gasteiger partial charge in [-0.1, -0.05) is 6.07 Å². The van der Waals surface area contributed by atoms with Gasteiger partial charge < -0.3 is 14.4 Å². The summed E-state index contributed by atoms with van der Waals surface area (Å²) in [7, 11) is -0.348. The summed E-state index contributed by atoms with van der Waals surface area (Å²) in [4.78, 5) is 2.43. The highest BCUT2D eigenvalue weighted by atomic mass is 79.9. The Morgan fingerprint density at radius 2 is 1.69 bits per heavy atom. The van der Waals surface area contributed by atoms with Crippen LogP contribution in [0.3, 0.4) is 0 Å². The molecule has 1 saturated heterocycles. The van der Waals surface area contributed by atoms with Crippen LogP contribution in [0.25, 0.3) is 0 Å². The van der Waals surface area contributed by atoms with Crippen LogP contribution in [0.2, 0.25) is 0 Å². The number of benzene rings is 2. The molecular weight excluding hydrogens is 420 g/mol. The quantitative estimate of drug-likeness (QED) is 0.714. The van der Waals surface area contributed by atoms with E-state index in [1.807, 2.05) is 24.3 Å². The van der Waals surface area contributed by atoms with Gasteiger partial charge in [0.1, 0.15) is 11.5 Å². The summed E-state index contributed by atoms with van der Waals surface area (Å²) in [5.74, 6) is 1.40. The monoisotopic (exact) mass is 440 g/mol. The Morgan fingerprint density at radius 3 is 2.31 bits per heavy atom. The topological polar surface area (TPSA) is 59.1 Å². The summed E-state index contributed by atoms with van der Waals surface area (Å²) in [5, 5.41) is 0. The van der Waals surface area contributed by atoms with Crippen molar-refractivity contribution in [3.05, 3.63) is 46.9 Å².